The van der Waals surface area contributed by atoms with E-state index in [1.54, 1.807) is 0 Å². The molecular formula is C8H9F3N6O. The quantitative estimate of drug-likeness (QED) is 0.631. The molecule has 1 atom stereocenters. The highest BCUT2D eigenvalue weighted by molar-refractivity contribution is 5.83. The summed E-state index contributed by atoms with van der Waals surface area (Å²) >= 11 is 0. The van der Waals surface area contributed by atoms with Crippen molar-refractivity contribution < 1.29 is 18.3 Å². The Morgan fingerprint density at radius 1 is 1.44 bits per heavy atom. The molecule has 1 unspecified atom stereocenters. The number of imidazole rings is 1. The normalized spacial score (nSPS) is 13.8. The van der Waals surface area contributed by atoms with E-state index in [0.29, 0.717) is 5.52 Å². The number of alkyl halides is 3. The first-order valence-electron chi connectivity index (χ1n) is 4.83. The van der Waals surface area contributed by atoms with Crippen LogP contribution in [0, 0.1) is 0 Å². The van der Waals surface area contributed by atoms with Crippen LogP contribution in [0.1, 0.15) is 0 Å². The Kier molecular flexibility index (Phi) is 2.95. The number of fused-ring (bicyclic) bond motifs is 1. The molecule has 0 saturated carbocycles. The fourth-order valence-corrected chi connectivity index (χ4v) is 1.29. The lowest BCUT2D eigenvalue weighted by Crippen LogP contribution is -2.35. The van der Waals surface area contributed by atoms with E-state index in [0.717, 1.165) is 0 Å². The molecule has 0 amide bonds. The molecule has 7 nitrogen and oxygen atoms in total. The van der Waals surface area contributed by atoms with Gasteiger partial charge in [0.1, 0.15) is 5.52 Å². The number of nitrogens with two attached hydrogens (primary N) is 1. The third kappa shape index (κ3) is 2.42. The number of rotatable bonds is 3. The topological polar surface area (TPSA) is 113 Å². The van der Waals surface area contributed by atoms with Crippen molar-refractivity contribution in [2.75, 3.05) is 17.6 Å². The Morgan fingerprint density at radius 3 is 2.83 bits per heavy atom. The third-order valence-electron chi connectivity index (χ3n) is 2.14. The van der Waals surface area contributed by atoms with Gasteiger partial charge < -0.3 is 21.1 Å². The molecule has 0 bridgehead atoms. The average molecular weight is 262 g/mol. The number of H-pyrrole nitrogens is 1. The molecule has 18 heavy (non-hydrogen) atoms. The molecule has 2 aromatic rings. The van der Waals surface area contributed by atoms with Crippen LogP contribution in [-0.4, -0.2) is 43.9 Å². The lowest BCUT2D eigenvalue weighted by Gasteiger charge is -2.15. The number of nitrogens with one attached hydrogen (secondary N) is 2. The molecule has 0 aliphatic carbocycles. The van der Waals surface area contributed by atoms with Gasteiger partial charge in [-0.2, -0.15) is 23.1 Å². The van der Waals surface area contributed by atoms with Crippen LogP contribution in [0.3, 0.4) is 0 Å². The minimum atomic E-state index is -4.70. The first-order valence-corrected chi connectivity index (χ1v) is 4.83. The molecule has 98 valence electrons. The summed E-state index contributed by atoms with van der Waals surface area (Å²) in [4.78, 5) is 14.0. The minimum Gasteiger partial charge on any atom is -0.382 e. The van der Waals surface area contributed by atoms with Crippen molar-refractivity contribution in [3.05, 3.63) is 6.33 Å². The summed E-state index contributed by atoms with van der Waals surface area (Å²) in [5.74, 6) is -0.0723. The highest BCUT2D eigenvalue weighted by Crippen LogP contribution is 2.22. The van der Waals surface area contributed by atoms with Gasteiger partial charge in [0.15, 0.2) is 17.6 Å². The molecule has 5 N–H and O–H groups in total. The van der Waals surface area contributed by atoms with E-state index < -0.39 is 18.8 Å². The average Bonchev–Trinajstić information content (AvgIpc) is 2.71. The van der Waals surface area contributed by atoms with Gasteiger partial charge in [-0.3, -0.25) is 0 Å². The Balaban J connectivity index is 2.19. The van der Waals surface area contributed by atoms with Gasteiger partial charge in [0.05, 0.1) is 12.9 Å². The zero-order valence-corrected chi connectivity index (χ0v) is 8.86. The molecule has 0 aliphatic rings. The molecule has 10 heteroatoms. The molecule has 0 radical (unpaired) electrons. The van der Waals surface area contributed by atoms with Gasteiger partial charge >= 0.3 is 6.18 Å². The number of aromatic nitrogens is 4. The Morgan fingerprint density at radius 2 is 2.17 bits per heavy atom. The van der Waals surface area contributed by atoms with Gasteiger partial charge in [0, 0.05) is 0 Å². The summed E-state index contributed by atoms with van der Waals surface area (Å²) in [6, 6.07) is 0. The SMILES string of the molecule is Nc1nc(NCC(O)C(F)(F)F)c2[nH]cnc2n1. The lowest BCUT2D eigenvalue weighted by molar-refractivity contribution is -0.198. The summed E-state index contributed by atoms with van der Waals surface area (Å²) in [6.45, 7) is -0.742. The highest BCUT2D eigenvalue weighted by Gasteiger charge is 2.38. The van der Waals surface area contributed by atoms with E-state index in [1.165, 1.54) is 6.33 Å². The Hall–Kier alpha value is -2.10. The summed E-state index contributed by atoms with van der Waals surface area (Å²) in [6.07, 6.45) is -5.88. The van der Waals surface area contributed by atoms with Crippen molar-refractivity contribution in [2.45, 2.75) is 12.3 Å². The van der Waals surface area contributed by atoms with E-state index in [4.69, 9.17) is 10.8 Å². The first-order chi connectivity index (χ1) is 8.38. The number of halogens is 3. The van der Waals surface area contributed by atoms with Gasteiger partial charge in [-0.15, -0.1) is 0 Å². The second-order valence-corrected chi connectivity index (χ2v) is 3.47. The van der Waals surface area contributed by atoms with Crippen molar-refractivity contribution in [1.82, 2.24) is 19.9 Å². The van der Waals surface area contributed by atoms with Crippen LogP contribution in [0.25, 0.3) is 11.2 Å². The van der Waals surface area contributed by atoms with E-state index in [2.05, 4.69) is 25.3 Å². The van der Waals surface area contributed by atoms with Crippen LogP contribution in [0.2, 0.25) is 0 Å². The molecule has 0 fully saturated rings. The van der Waals surface area contributed by atoms with Crippen LogP contribution < -0.4 is 11.1 Å². The number of aliphatic hydroxyl groups is 1. The zero-order chi connectivity index (χ0) is 13.3. The van der Waals surface area contributed by atoms with Crippen molar-refractivity contribution in [3.63, 3.8) is 0 Å². The molecule has 2 aromatic heterocycles. The van der Waals surface area contributed by atoms with Crippen LogP contribution in [0.4, 0.5) is 24.9 Å². The summed E-state index contributed by atoms with van der Waals surface area (Å²) < 4.78 is 36.4. The van der Waals surface area contributed by atoms with E-state index in [1.807, 2.05) is 0 Å². The van der Waals surface area contributed by atoms with Crippen LogP contribution >= 0.6 is 0 Å². The molecule has 0 aromatic carbocycles. The van der Waals surface area contributed by atoms with Crippen molar-refractivity contribution >= 4 is 22.9 Å². The number of anilines is 2. The summed E-state index contributed by atoms with van der Waals surface area (Å²) in [5, 5.41) is 11.2. The smallest absolute Gasteiger partial charge is 0.382 e. The lowest BCUT2D eigenvalue weighted by atomic mass is 10.3. The van der Waals surface area contributed by atoms with Gasteiger partial charge in [0.25, 0.3) is 0 Å². The minimum absolute atomic E-state index is 0.0540. The van der Waals surface area contributed by atoms with Crippen LogP contribution in [0.5, 0.6) is 0 Å². The molecule has 2 rings (SSSR count). The number of aliphatic hydroxyl groups excluding tert-OH is 1. The van der Waals surface area contributed by atoms with Gasteiger partial charge in [0.2, 0.25) is 5.95 Å². The number of nitrogens with zero attached hydrogens (tertiary/aromatic N) is 3. The van der Waals surface area contributed by atoms with Crippen LogP contribution in [0.15, 0.2) is 6.33 Å². The monoisotopic (exact) mass is 262 g/mol. The maximum Gasteiger partial charge on any atom is 0.416 e. The molecular weight excluding hydrogens is 253 g/mol. The summed E-state index contributed by atoms with van der Waals surface area (Å²) in [5.41, 5.74) is 5.92. The fourth-order valence-electron chi connectivity index (χ4n) is 1.29. The highest BCUT2D eigenvalue weighted by atomic mass is 19.4. The van der Waals surface area contributed by atoms with Crippen molar-refractivity contribution in [3.8, 4) is 0 Å². The van der Waals surface area contributed by atoms with Crippen LogP contribution in [-0.2, 0) is 0 Å². The van der Waals surface area contributed by atoms with E-state index in [9.17, 15) is 13.2 Å². The molecule has 0 saturated heterocycles. The number of aromatic amines is 1. The van der Waals surface area contributed by atoms with Crippen molar-refractivity contribution in [2.24, 2.45) is 0 Å². The maximum atomic E-state index is 12.1. The second-order valence-electron chi connectivity index (χ2n) is 3.47. The number of nitrogen functional groups attached to an aromatic ring is 1. The Bertz CT molecular complexity index is 553. The Labute approximate surface area is 98.3 Å². The number of hydrogen-bond acceptors (Lipinski definition) is 6. The summed E-state index contributed by atoms with van der Waals surface area (Å²) in [7, 11) is 0. The van der Waals surface area contributed by atoms with E-state index in [-0.39, 0.29) is 17.4 Å². The predicted octanol–water partition coefficient (Wildman–Crippen LogP) is 0.270. The predicted molar refractivity (Wildman–Crippen MR) is 56.6 cm³/mol. The largest absolute Gasteiger partial charge is 0.416 e. The maximum absolute atomic E-state index is 12.1. The standard InChI is InChI=1S/C8H9F3N6O/c9-8(10,11)3(18)1-13-5-4-6(15-2-14-4)17-7(12)16-5/h2-3,18H,1H2,(H4,12,13,14,15,16,17). The van der Waals surface area contributed by atoms with Gasteiger partial charge in [-0.05, 0) is 0 Å². The van der Waals surface area contributed by atoms with Gasteiger partial charge in [-0.25, -0.2) is 4.98 Å². The third-order valence-corrected chi connectivity index (χ3v) is 2.14. The fraction of sp³-hybridized carbons (Fsp3) is 0.375. The molecule has 0 aliphatic heterocycles. The molecule has 2 heterocycles. The van der Waals surface area contributed by atoms with E-state index >= 15 is 0 Å². The number of hydrogen-bond donors (Lipinski definition) is 4. The first kappa shape index (κ1) is 12.4. The zero-order valence-electron chi connectivity index (χ0n) is 8.86. The van der Waals surface area contributed by atoms with Crippen molar-refractivity contribution in [1.29, 1.82) is 0 Å². The van der Waals surface area contributed by atoms with Gasteiger partial charge in [-0.1, -0.05) is 0 Å². The second kappa shape index (κ2) is 4.29. The molecule has 0 spiro atoms.